The van der Waals surface area contributed by atoms with E-state index < -0.39 is 17.8 Å². The molecule has 0 unspecified atom stereocenters. The van der Waals surface area contributed by atoms with Crippen molar-refractivity contribution >= 4 is 47.3 Å². The number of nitrogens with zero attached hydrogens (tertiary/aromatic N) is 1. The molecule has 1 N–H and O–H groups in total. The molecule has 1 amide bonds. The van der Waals surface area contributed by atoms with Crippen molar-refractivity contribution in [1.82, 2.24) is 5.43 Å². The number of carbonyl (C=O) groups is 3. The van der Waals surface area contributed by atoms with E-state index in [1.54, 1.807) is 48.5 Å². The number of methoxy groups -OCH3 is 1. The van der Waals surface area contributed by atoms with Crippen LogP contribution in [0, 0.1) is 0 Å². The van der Waals surface area contributed by atoms with Crippen LogP contribution < -0.4 is 24.4 Å². The molecule has 4 aromatic carbocycles. The third-order valence-electron chi connectivity index (χ3n) is 5.38. The van der Waals surface area contributed by atoms with E-state index in [-0.39, 0.29) is 29.2 Å². The number of esters is 2. The standard InChI is InChI=1S/C30H22Cl2N2O7/c1-38-25-4-2-3-5-26(25)39-18-28(35)34-33-17-21-10-15-24(40-29(36)19-6-11-22(31)12-7-19)16-27(21)41-30(37)20-8-13-23(32)14-9-20/h2-17H,18H2,1H3,(H,34,35). The van der Waals surface area contributed by atoms with Crippen molar-refractivity contribution in [2.45, 2.75) is 0 Å². The Hall–Kier alpha value is -4.86. The zero-order chi connectivity index (χ0) is 29.2. The highest BCUT2D eigenvalue weighted by molar-refractivity contribution is 6.31. The van der Waals surface area contributed by atoms with Crippen LogP contribution in [0.3, 0.4) is 0 Å². The molecule has 0 aromatic heterocycles. The maximum Gasteiger partial charge on any atom is 0.343 e. The summed E-state index contributed by atoms with van der Waals surface area (Å²) < 4.78 is 21.7. The van der Waals surface area contributed by atoms with Crippen molar-refractivity contribution in [3.63, 3.8) is 0 Å². The Morgan fingerprint density at radius 2 is 1.34 bits per heavy atom. The predicted molar refractivity (Wildman–Crippen MR) is 153 cm³/mol. The fourth-order valence-electron chi connectivity index (χ4n) is 3.36. The molecule has 0 fully saturated rings. The predicted octanol–water partition coefficient (Wildman–Crippen LogP) is 5.97. The first-order chi connectivity index (χ1) is 19.8. The maximum atomic E-state index is 12.8. The van der Waals surface area contributed by atoms with Gasteiger partial charge in [0, 0.05) is 21.7 Å². The lowest BCUT2D eigenvalue weighted by atomic mass is 10.2. The molecule has 4 rings (SSSR count). The van der Waals surface area contributed by atoms with Crippen LogP contribution >= 0.6 is 23.2 Å². The number of para-hydroxylation sites is 2. The fraction of sp³-hybridized carbons (Fsp3) is 0.0667. The fourth-order valence-corrected chi connectivity index (χ4v) is 3.61. The van der Waals surface area contributed by atoms with Gasteiger partial charge in [-0.05, 0) is 72.8 Å². The molecule has 0 saturated carbocycles. The Bertz CT molecular complexity index is 1570. The molecule has 41 heavy (non-hydrogen) atoms. The van der Waals surface area contributed by atoms with Crippen LogP contribution in [0.25, 0.3) is 0 Å². The van der Waals surface area contributed by atoms with Gasteiger partial charge in [0.2, 0.25) is 0 Å². The number of hydrogen-bond acceptors (Lipinski definition) is 8. The van der Waals surface area contributed by atoms with Gasteiger partial charge in [-0.2, -0.15) is 5.10 Å². The van der Waals surface area contributed by atoms with Crippen molar-refractivity contribution in [1.29, 1.82) is 0 Å². The molecule has 0 bridgehead atoms. The zero-order valence-electron chi connectivity index (χ0n) is 21.5. The Balaban J connectivity index is 1.48. The number of amides is 1. The Morgan fingerprint density at radius 1 is 0.756 bits per heavy atom. The second-order valence-corrected chi connectivity index (χ2v) is 9.10. The quantitative estimate of drug-likeness (QED) is 0.104. The van der Waals surface area contributed by atoms with E-state index in [0.29, 0.717) is 27.1 Å². The van der Waals surface area contributed by atoms with Gasteiger partial charge in [0.15, 0.2) is 18.1 Å². The molecular weight excluding hydrogens is 571 g/mol. The highest BCUT2D eigenvalue weighted by Gasteiger charge is 2.15. The van der Waals surface area contributed by atoms with Crippen LogP contribution in [0.5, 0.6) is 23.0 Å². The summed E-state index contributed by atoms with van der Waals surface area (Å²) in [5.41, 5.74) is 3.17. The highest BCUT2D eigenvalue weighted by Crippen LogP contribution is 2.27. The number of nitrogens with one attached hydrogen (secondary N) is 1. The van der Waals surface area contributed by atoms with E-state index >= 15 is 0 Å². The molecule has 9 nitrogen and oxygen atoms in total. The first-order valence-electron chi connectivity index (χ1n) is 12.0. The molecule has 208 valence electrons. The Labute approximate surface area is 245 Å². The van der Waals surface area contributed by atoms with Crippen LogP contribution in [0.15, 0.2) is 96.1 Å². The highest BCUT2D eigenvalue weighted by atomic mass is 35.5. The van der Waals surface area contributed by atoms with Crippen LogP contribution in [0.2, 0.25) is 10.0 Å². The largest absolute Gasteiger partial charge is 0.493 e. The number of hydrazone groups is 1. The van der Waals surface area contributed by atoms with Crippen LogP contribution in [-0.4, -0.2) is 37.8 Å². The summed E-state index contributed by atoms with van der Waals surface area (Å²) in [6.07, 6.45) is 1.27. The monoisotopic (exact) mass is 592 g/mol. The molecule has 0 spiro atoms. The van der Waals surface area contributed by atoms with E-state index in [0.717, 1.165) is 0 Å². The van der Waals surface area contributed by atoms with Gasteiger partial charge in [0.05, 0.1) is 24.5 Å². The number of benzene rings is 4. The van der Waals surface area contributed by atoms with E-state index in [9.17, 15) is 14.4 Å². The topological polar surface area (TPSA) is 113 Å². The molecular formula is C30H22Cl2N2O7. The van der Waals surface area contributed by atoms with Crippen molar-refractivity contribution in [2.75, 3.05) is 13.7 Å². The molecule has 0 heterocycles. The van der Waals surface area contributed by atoms with Gasteiger partial charge in [0.1, 0.15) is 11.5 Å². The number of rotatable bonds is 10. The third kappa shape index (κ3) is 8.31. The summed E-state index contributed by atoms with van der Waals surface area (Å²) in [6, 6.07) is 23.5. The van der Waals surface area contributed by atoms with E-state index in [1.165, 1.54) is 55.8 Å². The summed E-state index contributed by atoms with van der Waals surface area (Å²) in [7, 11) is 1.49. The Morgan fingerprint density at radius 3 is 1.95 bits per heavy atom. The average molecular weight is 593 g/mol. The summed E-state index contributed by atoms with van der Waals surface area (Å²) in [5, 5.41) is 4.86. The molecule has 0 aliphatic rings. The summed E-state index contributed by atoms with van der Waals surface area (Å²) >= 11 is 11.8. The van der Waals surface area contributed by atoms with Crippen molar-refractivity contribution in [3.8, 4) is 23.0 Å². The molecule has 11 heteroatoms. The summed E-state index contributed by atoms with van der Waals surface area (Å²) in [5.74, 6) is -0.862. The third-order valence-corrected chi connectivity index (χ3v) is 5.88. The lowest BCUT2D eigenvalue weighted by Crippen LogP contribution is -2.24. The van der Waals surface area contributed by atoms with E-state index in [2.05, 4.69) is 10.5 Å². The zero-order valence-corrected chi connectivity index (χ0v) is 23.0. The Kier molecular flexibility index (Phi) is 9.93. The first kappa shape index (κ1) is 29.1. The smallest absolute Gasteiger partial charge is 0.343 e. The van der Waals surface area contributed by atoms with Gasteiger partial charge in [-0.3, -0.25) is 4.79 Å². The number of carbonyl (C=O) groups excluding carboxylic acids is 3. The second-order valence-electron chi connectivity index (χ2n) is 8.23. The SMILES string of the molecule is COc1ccccc1OCC(=O)NN=Cc1ccc(OC(=O)c2ccc(Cl)cc2)cc1OC(=O)c1ccc(Cl)cc1. The van der Waals surface area contributed by atoms with Crippen LogP contribution in [0.1, 0.15) is 26.3 Å². The molecule has 0 aliphatic carbocycles. The maximum absolute atomic E-state index is 12.8. The molecule has 4 aromatic rings. The first-order valence-corrected chi connectivity index (χ1v) is 12.8. The molecule has 0 saturated heterocycles. The number of hydrogen-bond donors (Lipinski definition) is 1. The van der Waals surface area contributed by atoms with Crippen molar-refractivity contribution in [2.24, 2.45) is 5.10 Å². The van der Waals surface area contributed by atoms with Gasteiger partial charge < -0.3 is 18.9 Å². The van der Waals surface area contributed by atoms with E-state index in [4.69, 9.17) is 42.1 Å². The lowest BCUT2D eigenvalue weighted by Gasteiger charge is -2.11. The van der Waals surface area contributed by atoms with Gasteiger partial charge in [-0.1, -0.05) is 35.3 Å². The van der Waals surface area contributed by atoms with Crippen molar-refractivity contribution in [3.05, 3.63) is 118 Å². The van der Waals surface area contributed by atoms with Gasteiger partial charge in [-0.15, -0.1) is 0 Å². The van der Waals surface area contributed by atoms with Crippen molar-refractivity contribution < 1.29 is 33.3 Å². The van der Waals surface area contributed by atoms with Crippen LogP contribution in [-0.2, 0) is 4.79 Å². The van der Waals surface area contributed by atoms with Gasteiger partial charge in [0.25, 0.3) is 5.91 Å². The summed E-state index contributed by atoms with van der Waals surface area (Å²) in [6.45, 7) is -0.324. The minimum Gasteiger partial charge on any atom is -0.493 e. The van der Waals surface area contributed by atoms with Crippen LogP contribution in [0.4, 0.5) is 0 Å². The average Bonchev–Trinajstić information content (AvgIpc) is 2.98. The summed E-state index contributed by atoms with van der Waals surface area (Å²) in [4.78, 5) is 37.6. The minimum atomic E-state index is -0.688. The van der Waals surface area contributed by atoms with E-state index in [1.807, 2.05) is 0 Å². The van der Waals surface area contributed by atoms with Gasteiger partial charge in [-0.25, -0.2) is 15.0 Å². The normalized spacial score (nSPS) is 10.6. The van der Waals surface area contributed by atoms with Gasteiger partial charge >= 0.3 is 11.9 Å². The molecule has 0 atom stereocenters. The minimum absolute atomic E-state index is 0.0228. The molecule has 0 radical (unpaired) electrons. The number of halogens is 2. The second kappa shape index (κ2) is 14.0. The number of ether oxygens (including phenoxy) is 4. The molecule has 0 aliphatic heterocycles. The lowest BCUT2D eigenvalue weighted by molar-refractivity contribution is -0.123.